The molecule has 1 aliphatic heterocycles. The number of benzene rings is 2. The van der Waals surface area contributed by atoms with E-state index in [0.29, 0.717) is 16.4 Å². The molecule has 2 amide bonds. The van der Waals surface area contributed by atoms with Gasteiger partial charge in [0.1, 0.15) is 0 Å². The Morgan fingerprint density at radius 3 is 2.63 bits per heavy atom. The van der Waals surface area contributed by atoms with Crippen molar-refractivity contribution in [2.45, 2.75) is 28.4 Å². The molecule has 0 aromatic heterocycles. The van der Waals surface area contributed by atoms with Crippen LogP contribution in [0.4, 0.5) is 11.4 Å². The van der Waals surface area contributed by atoms with Gasteiger partial charge < -0.3 is 10.6 Å². The van der Waals surface area contributed by atoms with Crippen molar-refractivity contribution in [3.8, 4) is 0 Å². The lowest BCUT2D eigenvalue weighted by atomic mass is 10.3. The van der Waals surface area contributed by atoms with E-state index in [4.69, 9.17) is 11.6 Å². The second-order valence-corrected chi connectivity index (χ2v) is 9.96. The molecule has 9 heteroatoms. The lowest BCUT2D eigenvalue weighted by Crippen LogP contribution is -2.26. The number of sulfone groups is 1. The van der Waals surface area contributed by atoms with E-state index in [1.54, 1.807) is 37.3 Å². The molecule has 0 saturated carbocycles. The summed E-state index contributed by atoms with van der Waals surface area (Å²) in [4.78, 5) is 24.7. The molecule has 142 valence electrons. The van der Waals surface area contributed by atoms with E-state index in [2.05, 4.69) is 10.6 Å². The van der Waals surface area contributed by atoms with Crippen molar-refractivity contribution < 1.29 is 18.0 Å². The van der Waals surface area contributed by atoms with Crippen LogP contribution in [0.1, 0.15) is 13.3 Å². The molecular formula is C18H17ClN2O4S2. The minimum absolute atomic E-state index is 0.0796. The SMILES string of the molecule is CC1Sc2ccc(S(=O)(=O)CCC(=O)Nc3ccc(Cl)cc3)cc2NC1=O. The van der Waals surface area contributed by atoms with Gasteiger partial charge in [0, 0.05) is 22.0 Å². The summed E-state index contributed by atoms with van der Waals surface area (Å²) in [6, 6.07) is 11.2. The first-order valence-corrected chi connectivity index (χ1v) is 11.1. The summed E-state index contributed by atoms with van der Waals surface area (Å²) in [7, 11) is -3.66. The molecule has 1 unspecified atom stereocenters. The molecule has 0 fully saturated rings. The molecular weight excluding hydrogens is 408 g/mol. The highest BCUT2D eigenvalue weighted by atomic mass is 35.5. The molecule has 2 N–H and O–H groups in total. The third kappa shape index (κ3) is 4.82. The normalized spacial score (nSPS) is 16.4. The smallest absolute Gasteiger partial charge is 0.237 e. The molecule has 1 aliphatic rings. The number of anilines is 2. The molecule has 0 bridgehead atoms. The third-order valence-corrected chi connectivity index (χ3v) is 7.11. The van der Waals surface area contributed by atoms with Gasteiger partial charge in [0.2, 0.25) is 11.8 Å². The van der Waals surface area contributed by atoms with E-state index < -0.39 is 15.7 Å². The van der Waals surface area contributed by atoms with E-state index in [-0.39, 0.29) is 28.2 Å². The Morgan fingerprint density at radius 1 is 1.22 bits per heavy atom. The van der Waals surface area contributed by atoms with Crippen molar-refractivity contribution in [1.82, 2.24) is 0 Å². The zero-order valence-electron chi connectivity index (χ0n) is 14.4. The minimum Gasteiger partial charge on any atom is -0.326 e. The molecule has 0 radical (unpaired) electrons. The Labute approximate surface area is 166 Å². The van der Waals surface area contributed by atoms with Crippen molar-refractivity contribution in [3.05, 3.63) is 47.5 Å². The van der Waals surface area contributed by atoms with Gasteiger partial charge in [-0.3, -0.25) is 9.59 Å². The average Bonchev–Trinajstić information content (AvgIpc) is 2.62. The summed E-state index contributed by atoms with van der Waals surface area (Å²) in [5, 5.41) is 5.66. The molecule has 27 heavy (non-hydrogen) atoms. The first-order valence-electron chi connectivity index (χ1n) is 8.14. The van der Waals surface area contributed by atoms with Crippen LogP contribution in [0.15, 0.2) is 52.3 Å². The lowest BCUT2D eigenvalue weighted by molar-refractivity contribution is -0.116. The minimum atomic E-state index is -3.66. The van der Waals surface area contributed by atoms with Crippen LogP contribution in [-0.4, -0.2) is 31.2 Å². The second kappa shape index (κ2) is 7.92. The van der Waals surface area contributed by atoms with Gasteiger partial charge in [0.15, 0.2) is 9.84 Å². The quantitative estimate of drug-likeness (QED) is 0.765. The highest BCUT2D eigenvalue weighted by Crippen LogP contribution is 2.36. The monoisotopic (exact) mass is 424 g/mol. The molecule has 0 aliphatic carbocycles. The van der Waals surface area contributed by atoms with Gasteiger partial charge in [-0.1, -0.05) is 11.6 Å². The van der Waals surface area contributed by atoms with Gasteiger partial charge in [-0.2, -0.15) is 0 Å². The van der Waals surface area contributed by atoms with Gasteiger partial charge in [0.25, 0.3) is 0 Å². The highest BCUT2D eigenvalue weighted by molar-refractivity contribution is 8.01. The van der Waals surface area contributed by atoms with Crippen molar-refractivity contribution in [2.24, 2.45) is 0 Å². The fourth-order valence-electron chi connectivity index (χ4n) is 2.48. The van der Waals surface area contributed by atoms with Crippen LogP contribution >= 0.6 is 23.4 Å². The Balaban J connectivity index is 1.66. The number of fused-ring (bicyclic) bond motifs is 1. The maximum atomic E-state index is 12.5. The van der Waals surface area contributed by atoms with Crippen molar-refractivity contribution in [3.63, 3.8) is 0 Å². The second-order valence-electron chi connectivity index (χ2n) is 6.03. The fourth-order valence-corrected chi connectivity index (χ4v) is 4.80. The van der Waals surface area contributed by atoms with Crippen LogP contribution in [0.25, 0.3) is 0 Å². The Morgan fingerprint density at radius 2 is 1.93 bits per heavy atom. The summed E-state index contributed by atoms with van der Waals surface area (Å²) in [6.45, 7) is 1.78. The van der Waals surface area contributed by atoms with Crippen LogP contribution in [0.2, 0.25) is 5.02 Å². The van der Waals surface area contributed by atoms with E-state index >= 15 is 0 Å². The van der Waals surface area contributed by atoms with Gasteiger partial charge >= 0.3 is 0 Å². The summed E-state index contributed by atoms with van der Waals surface area (Å²) in [5.74, 6) is -0.899. The number of carbonyl (C=O) groups is 2. The number of halogens is 1. The van der Waals surface area contributed by atoms with E-state index in [1.165, 1.54) is 23.9 Å². The molecule has 1 atom stereocenters. The Bertz CT molecular complexity index is 991. The molecule has 3 rings (SSSR count). The molecule has 6 nitrogen and oxygen atoms in total. The van der Waals surface area contributed by atoms with Gasteiger partial charge in [-0.05, 0) is 49.4 Å². The third-order valence-electron chi connectivity index (χ3n) is 3.97. The van der Waals surface area contributed by atoms with Gasteiger partial charge in [-0.15, -0.1) is 11.8 Å². The van der Waals surface area contributed by atoms with Crippen LogP contribution in [0.5, 0.6) is 0 Å². The first-order chi connectivity index (χ1) is 12.7. The van der Waals surface area contributed by atoms with E-state index in [1.807, 2.05) is 0 Å². The lowest BCUT2D eigenvalue weighted by Gasteiger charge is -2.21. The number of thioether (sulfide) groups is 1. The number of hydrogen-bond donors (Lipinski definition) is 2. The predicted octanol–water partition coefficient (Wildman–Crippen LogP) is 3.58. The number of hydrogen-bond acceptors (Lipinski definition) is 5. The first kappa shape index (κ1) is 19.7. The summed E-state index contributed by atoms with van der Waals surface area (Å²) < 4.78 is 25.1. The maximum Gasteiger partial charge on any atom is 0.237 e. The number of carbonyl (C=O) groups excluding carboxylic acids is 2. The molecule has 2 aromatic rings. The Hall–Kier alpha value is -2.03. The molecule has 2 aromatic carbocycles. The zero-order chi connectivity index (χ0) is 19.6. The van der Waals surface area contributed by atoms with Gasteiger partial charge in [0.05, 0.1) is 21.6 Å². The number of rotatable bonds is 5. The standard InChI is InChI=1S/C18H17ClN2O4S2/c1-11-18(23)21-15-10-14(6-7-16(15)26-11)27(24,25)9-8-17(22)20-13-4-2-12(19)3-5-13/h2-7,10-11H,8-9H2,1H3,(H,20,22)(H,21,23). The van der Waals surface area contributed by atoms with Crippen molar-refractivity contribution in [2.75, 3.05) is 16.4 Å². The maximum absolute atomic E-state index is 12.5. The summed E-state index contributed by atoms with van der Waals surface area (Å²) >= 11 is 7.16. The predicted molar refractivity (Wildman–Crippen MR) is 107 cm³/mol. The highest BCUT2D eigenvalue weighted by Gasteiger charge is 2.25. The molecule has 1 heterocycles. The fraction of sp³-hybridized carbons (Fsp3) is 0.222. The van der Waals surface area contributed by atoms with Gasteiger partial charge in [-0.25, -0.2) is 8.42 Å². The number of nitrogens with one attached hydrogen (secondary N) is 2. The van der Waals surface area contributed by atoms with Crippen LogP contribution in [0.3, 0.4) is 0 Å². The van der Waals surface area contributed by atoms with Crippen LogP contribution < -0.4 is 10.6 Å². The zero-order valence-corrected chi connectivity index (χ0v) is 16.7. The van der Waals surface area contributed by atoms with Crippen LogP contribution in [-0.2, 0) is 19.4 Å². The molecule has 0 spiro atoms. The van der Waals surface area contributed by atoms with Crippen molar-refractivity contribution in [1.29, 1.82) is 0 Å². The largest absolute Gasteiger partial charge is 0.326 e. The topological polar surface area (TPSA) is 92.3 Å². The van der Waals surface area contributed by atoms with E-state index in [9.17, 15) is 18.0 Å². The number of amides is 2. The van der Waals surface area contributed by atoms with E-state index in [0.717, 1.165) is 4.90 Å². The average molecular weight is 425 g/mol. The van der Waals surface area contributed by atoms with Crippen molar-refractivity contribution >= 4 is 56.4 Å². The summed E-state index contributed by atoms with van der Waals surface area (Å²) in [6.07, 6.45) is -0.180. The summed E-state index contributed by atoms with van der Waals surface area (Å²) in [5.41, 5.74) is 1.03. The molecule has 0 saturated heterocycles. The van der Waals surface area contributed by atoms with Crippen LogP contribution in [0, 0.1) is 0 Å². The Kier molecular flexibility index (Phi) is 5.78.